The van der Waals surface area contributed by atoms with Crippen molar-refractivity contribution < 1.29 is 18.9 Å². The molecule has 1 aliphatic heterocycles. The lowest BCUT2D eigenvalue weighted by molar-refractivity contribution is -0.402. The number of rotatable bonds is 4. The summed E-state index contributed by atoms with van der Waals surface area (Å²) in [5.74, 6) is -1.68. The number of hydrogen-bond donors (Lipinski definition) is 1. The molecule has 1 aliphatic rings. The molecule has 1 aromatic heterocycles. The number of nitrogens with one attached hydrogen (secondary N) is 1. The molecule has 3 rings (SSSR count). The number of nitro groups is 1. The van der Waals surface area contributed by atoms with Crippen molar-refractivity contribution in [1.29, 1.82) is 0 Å². The number of anilines is 1. The summed E-state index contributed by atoms with van der Waals surface area (Å²) >= 11 is 11.9. The van der Waals surface area contributed by atoms with Crippen LogP contribution in [0.15, 0.2) is 34.7 Å². The molecule has 8 nitrogen and oxygen atoms in total. The van der Waals surface area contributed by atoms with Crippen LogP contribution in [0.5, 0.6) is 0 Å². The van der Waals surface area contributed by atoms with Crippen molar-refractivity contribution in [3.8, 4) is 0 Å². The van der Waals surface area contributed by atoms with Crippen molar-refractivity contribution >= 4 is 46.6 Å². The fourth-order valence-corrected chi connectivity index (χ4v) is 3.23. The van der Waals surface area contributed by atoms with Crippen molar-refractivity contribution in [2.45, 2.75) is 18.9 Å². The fourth-order valence-electron chi connectivity index (χ4n) is 2.77. The average Bonchev–Trinajstić information content (AvgIpc) is 3.26. The smallest absolute Gasteiger partial charge is 0.395 e. The third kappa shape index (κ3) is 3.66. The van der Waals surface area contributed by atoms with Gasteiger partial charge in [0.1, 0.15) is 11.0 Å². The molecule has 2 aromatic rings. The Balaban J connectivity index is 1.75. The predicted molar refractivity (Wildman–Crippen MR) is 94.5 cm³/mol. The second kappa shape index (κ2) is 7.35. The summed E-state index contributed by atoms with van der Waals surface area (Å²) in [4.78, 5) is 36.4. The normalized spacial score (nSPS) is 16.5. The molecule has 10 heteroatoms. The summed E-state index contributed by atoms with van der Waals surface area (Å²) in [6.45, 7) is 0.347. The molecule has 0 bridgehead atoms. The number of furan rings is 1. The van der Waals surface area contributed by atoms with Gasteiger partial charge in [-0.3, -0.25) is 19.7 Å². The number of halogens is 2. The molecule has 26 heavy (non-hydrogen) atoms. The van der Waals surface area contributed by atoms with E-state index in [9.17, 15) is 19.7 Å². The van der Waals surface area contributed by atoms with Crippen LogP contribution in [0.4, 0.5) is 11.6 Å². The Morgan fingerprint density at radius 2 is 2.04 bits per heavy atom. The summed E-state index contributed by atoms with van der Waals surface area (Å²) in [6, 6.07) is 6.26. The molecule has 1 N–H and O–H groups in total. The van der Waals surface area contributed by atoms with Gasteiger partial charge in [-0.25, -0.2) is 0 Å². The maximum absolute atomic E-state index is 12.6. The molecule has 2 heterocycles. The molecule has 1 fully saturated rings. The zero-order chi connectivity index (χ0) is 18.8. The van der Waals surface area contributed by atoms with E-state index < -0.39 is 28.7 Å². The quantitative estimate of drug-likeness (QED) is 0.624. The highest BCUT2D eigenvalue weighted by atomic mass is 35.5. The van der Waals surface area contributed by atoms with E-state index in [1.165, 1.54) is 17.0 Å². The van der Waals surface area contributed by atoms with Crippen LogP contribution >= 0.6 is 23.2 Å². The molecule has 0 saturated carbocycles. The molecule has 1 atom stereocenters. The lowest BCUT2D eigenvalue weighted by atomic mass is 10.2. The van der Waals surface area contributed by atoms with Crippen molar-refractivity contribution in [3.63, 3.8) is 0 Å². The van der Waals surface area contributed by atoms with Crippen LogP contribution in [0.25, 0.3) is 0 Å². The van der Waals surface area contributed by atoms with Crippen LogP contribution in [0.3, 0.4) is 0 Å². The first-order valence-electron chi connectivity index (χ1n) is 7.68. The van der Waals surface area contributed by atoms with Gasteiger partial charge >= 0.3 is 5.88 Å². The Labute approximate surface area is 157 Å². The third-order valence-electron chi connectivity index (χ3n) is 3.99. The molecule has 0 aliphatic carbocycles. The van der Waals surface area contributed by atoms with Crippen LogP contribution in [0.2, 0.25) is 10.0 Å². The highest BCUT2D eigenvalue weighted by Gasteiger charge is 2.36. The van der Waals surface area contributed by atoms with E-state index >= 15 is 0 Å². The zero-order valence-corrected chi connectivity index (χ0v) is 14.8. The van der Waals surface area contributed by atoms with Crippen molar-refractivity contribution in [3.05, 3.63) is 56.3 Å². The van der Waals surface area contributed by atoms with Crippen molar-refractivity contribution in [2.24, 2.45) is 0 Å². The minimum Gasteiger partial charge on any atom is -0.395 e. The lowest BCUT2D eigenvalue weighted by Crippen LogP contribution is -2.43. The topological polar surface area (TPSA) is 106 Å². The lowest BCUT2D eigenvalue weighted by Gasteiger charge is -2.23. The molecule has 1 saturated heterocycles. The summed E-state index contributed by atoms with van der Waals surface area (Å²) in [7, 11) is 0. The molecule has 2 amide bonds. The van der Waals surface area contributed by atoms with Gasteiger partial charge in [0, 0.05) is 11.6 Å². The Bertz CT molecular complexity index is 883. The number of amides is 2. The Morgan fingerprint density at radius 3 is 2.69 bits per heavy atom. The Morgan fingerprint density at radius 1 is 1.27 bits per heavy atom. The van der Waals surface area contributed by atoms with Gasteiger partial charge in [-0.05, 0) is 37.1 Å². The Kier molecular flexibility index (Phi) is 5.15. The minimum atomic E-state index is -0.729. The molecule has 0 spiro atoms. The van der Waals surface area contributed by atoms with E-state index in [1.807, 2.05) is 0 Å². The van der Waals surface area contributed by atoms with Crippen LogP contribution in [-0.2, 0) is 4.79 Å². The highest BCUT2D eigenvalue weighted by Crippen LogP contribution is 2.28. The first kappa shape index (κ1) is 18.2. The summed E-state index contributed by atoms with van der Waals surface area (Å²) in [5.41, 5.74) is 0.383. The van der Waals surface area contributed by atoms with Crippen LogP contribution in [0, 0.1) is 10.1 Å². The second-order valence-corrected chi connectivity index (χ2v) is 6.51. The maximum atomic E-state index is 12.6. The van der Waals surface area contributed by atoms with E-state index in [0.717, 1.165) is 6.07 Å². The van der Waals surface area contributed by atoms with Gasteiger partial charge in [0.2, 0.25) is 5.91 Å². The monoisotopic (exact) mass is 397 g/mol. The maximum Gasteiger partial charge on any atom is 0.433 e. The van der Waals surface area contributed by atoms with Crippen LogP contribution in [-0.4, -0.2) is 34.2 Å². The van der Waals surface area contributed by atoms with Gasteiger partial charge in [0.25, 0.3) is 5.91 Å². The van der Waals surface area contributed by atoms with Gasteiger partial charge in [-0.2, -0.15) is 0 Å². The standard InChI is InChI=1S/C16H13Cl2N3O5/c17-9-3-4-11(10(18)8-9)19-15(22)12-2-1-7-20(12)16(23)13-5-6-14(26-13)21(24)25/h3-6,8,12H,1-2,7H2,(H,19,22)/t12-/m0/s1. The first-order valence-corrected chi connectivity index (χ1v) is 8.43. The molecular weight excluding hydrogens is 385 g/mol. The van der Waals surface area contributed by atoms with Crippen molar-refractivity contribution in [2.75, 3.05) is 11.9 Å². The van der Waals surface area contributed by atoms with E-state index in [4.69, 9.17) is 27.6 Å². The predicted octanol–water partition coefficient (Wildman–Crippen LogP) is 3.74. The average molecular weight is 398 g/mol. The molecule has 0 radical (unpaired) electrons. The zero-order valence-electron chi connectivity index (χ0n) is 13.3. The summed E-state index contributed by atoms with van der Waals surface area (Å²) < 4.78 is 4.94. The summed E-state index contributed by atoms with van der Waals surface area (Å²) in [6.07, 6.45) is 1.09. The SMILES string of the molecule is O=C(Nc1ccc(Cl)cc1Cl)[C@@H]1CCCN1C(=O)c1ccc([N+](=O)[O-])o1. The van der Waals surface area contributed by atoms with E-state index in [0.29, 0.717) is 30.1 Å². The molecule has 0 unspecified atom stereocenters. The number of nitrogens with zero attached hydrogens (tertiary/aromatic N) is 2. The fraction of sp³-hybridized carbons (Fsp3) is 0.250. The molecular formula is C16H13Cl2N3O5. The Hall–Kier alpha value is -2.58. The second-order valence-electron chi connectivity index (χ2n) is 5.66. The number of benzene rings is 1. The van der Waals surface area contributed by atoms with Crippen LogP contribution in [0.1, 0.15) is 23.4 Å². The molecule has 136 valence electrons. The highest BCUT2D eigenvalue weighted by molar-refractivity contribution is 6.36. The largest absolute Gasteiger partial charge is 0.433 e. The van der Waals surface area contributed by atoms with Gasteiger partial charge in [-0.1, -0.05) is 23.2 Å². The van der Waals surface area contributed by atoms with Gasteiger partial charge in [-0.15, -0.1) is 0 Å². The molecule has 1 aromatic carbocycles. The first-order chi connectivity index (χ1) is 12.4. The number of likely N-dealkylation sites (tertiary alicyclic amines) is 1. The summed E-state index contributed by atoms with van der Waals surface area (Å²) in [5, 5.41) is 14.1. The number of carbonyl (C=O) groups is 2. The number of hydrogen-bond acceptors (Lipinski definition) is 5. The number of carbonyl (C=O) groups excluding carboxylic acids is 2. The van der Waals surface area contributed by atoms with Gasteiger partial charge in [0.05, 0.1) is 16.8 Å². The van der Waals surface area contributed by atoms with E-state index in [2.05, 4.69) is 5.32 Å². The third-order valence-corrected chi connectivity index (χ3v) is 4.54. The van der Waals surface area contributed by atoms with E-state index in [-0.39, 0.29) is 10.8 Å². The minimum absolute atomic E-state index is 0.180. The van der Waals surface area contributed by atoms with Gasteiger partial charge < -0.3 is 14.6 Å². The van der Waals surface area contributed by atoms with Crippen molar-refractivity contribution in [1.82, 2.24) is 4.90 Å². The van der Waals surface area contributed by atoms with E-state index in [1.54, 1.807) is 12.1 Å². The van der Waals surface area contributed by atoms with Crippen LogP contribution < -0.4 is 5.32 Å². The van der Waals surface area contributed by atoms with Gasteiger partial charge in [0.15, 0.2) is 5.76 Å².